The van der Waals surface area contributed by atoms with E-state index in [4.69, 9.17) is 9.47 Å². The number of nitrogens with one attached hydrogen (secondary N) is 4. The van der Waals surface area contributed by atoms with Gasteiger partial charge in [-0.2, -0.15) is 0 Å². The molecule has 40 heavy (non-hydrogen) atoms. The maximum Gasteiger partial charge on any atom is 0.414 e. The molecule has 2 rings (SSSR count). The van der Waals surface area contributed by atoms with Gasteiger partial charge in [-0.1, -0.05) is 81.4 Å². The number of ether oxygens (including phenoxy) is 2. The Hall–Kier alpha value is -3.76. The fourth-order valence-corrected chi connectivity index (χ4v) is 3.84. The lowest BCUT2D eigenvalue weighted by molar-refractivity contribution is -0.123. The Morgan fingerprint density at radius 2 is 1.30 bits per heavy atom. The average molecular weight is 555 g/mol. The first kappa shape index (κ1) is 32.5. The summed E-state index contributed by atoms with van der Waals surface area (Å²) in [6, 6.07) is 17.5. The van der Waals surface area contributed by atoms with Crippen molar-refractivity contribution in [1.82, 2.24) is 21.3 Å². The molecular formula is C30H42N4O6. The van der Waals surface area contributed by atoms with Crippen molar-refractivity contribution >= 4 is 24.4 Å². The summed E-state index contributed by atoms with van der Waals surface area (Å²) in [7, 11) is 0. The summed E-state index contributed by atoms with van der Waals surface area (Å²) in [6.07, 6.45) is 0.993. The number of imide groups is 1. The van der Waals surface area contributed by atoms with Crippen LogP contribution in [0, 0.1) is 11.8 Å². The van der Waals surface area contributed by atoms with Crippen LogP contribution in [-0.2, 0) is 32.3 Å². The van der Waals surface area contributed by atoms with Crippen LogP contribution in [0.5, 0.6) is 0 Å². The van der Waals surface area contributed by atoms with Gasteiger partial charge in [-0.05, 0) is 48.9 Å². The lowest BCUT2D eigenvalue weighted by atomic mass is 10.0. The molecule has 10 nitrogen and oxygen atoms in total. The molecule has 0 bridgehead atoms. The number of carbonyl (C=O) groups is 4. The maximum atomic E-state index is 13.0. The Bertz CT molecular complexity index is 1040. The second kappa shape index (κ2) is 18.5. The summed E-state index contributed by atoms with van der Waals surface area (Å²) in [6.45, 7) is 7.23. The summed E-state index contributed by atoms with van der Waals surface area (Å²) in [5, 5.41) is 11.4. The third kappa shape index (κ3) is 12.9. The van der Waals surface area contributed by atoms with Crippen LogP contribution in [0.25, 0.3) is 0 Å². The molecule has 0 aliphatic carbocycles. The molecule has 0 radical (unpaired) electrons. The highest BCUT2D eigenvalue weighted by Crippen LogP contribution is 2.06. The van der Waals surface area contributed by atoms with E-state index in [9.17, 15) is 19.2 Å². The van der Waals surface area contributed by atoms with Crippen LogP contribution >= 0.6 is 0 Å². The molecule has 1 unspecified atom stereocenters. The zero-order valence-electron chi connectivity index (χ0n) is 23.6. The van der Waals surface area contributed by atoms with Gasteiger partial charge in [-0.25, -0.2) is 9.59 Å². The number of unbranched alkanes of at least 4 members (excludes halogenated alkanes) is 1. The number of carbonyl (C=O) groups excluding carboxylic acids is 4. The smallest absolute Gasteiger partial charge is 0.414 e. The van der Waals surface area contributed by atoms with Crippen molar-refractivity contribution in [2.24, 2.45) is 11.8 Å². The lowest BCUT2D eigenvalue weighted by Gasteiger charge is -2.24. The highest BCUT2D eigenvalue weighted by Gasteiger charge is 2.27. The summed E-state index contributed by atoms with van der Waals surface area (Å²) in [5.74, 6) is -0.716. The molecule has 0 fully saturated rings. The van der Waals surface area contributed by atoms with Crippen LogP contribution in [-0.4, -0.2) is 56.1 Å². The van der Waals surface area contributed by atoms with Crippen LogP contribution < -0.4 is 21.3 Å². The highest BCUT2D eigenvalue weighted by atomic mass is 16.6. The quantitative estimate of drug-likeness (QED) is 0.172. The second-order valence-electron chi connectivity index (χ2n) is 9.97. The molecule has 3 amide bonds. The van der Waals surface area contributed by atoms with E-state index in [-0.39, 0.29) is 37.6 Å². The summed E-state index contributed by atoms with van der Waals surface area (Å²) < 4.78 is 10.4. The van der Waals surface area contributed by atoms with Crippen LogP contribution in [0.15, 0.2) is 60.7 Å². The number of aldehydes is 1. The lowest BCUT2D eigenvalue weighted by Crippen LogP contribution is -2.52. The molecule has 0 saturated carbocycles. The molecule has 2 aromatic carbocycles. The van der Waals surface area contributed by atoms with Crippen molar-refractivity contribution < 1.29 is 28.7 Å². The van der Waals surface area contributed by atoms with Gasteiger partial charge >= 0.3 is 12.2 Å². The molecule has 0 spiro atoms. The summed E-state index contributed by atoms with van der Waals surface area (Å²) in [5.41, 5.74) is 1.66. The van der Waals surface area contributed by atoms with Gasteiger partial charge in [-0.15, -0.1) is 0 Å². The van der Waals surface area contributed by atoms with Crippen molar-refractivity contribution in [3.8, 4) is 0 Å². The van der Waals surface area contributed by atoms with Gasteiger partial charge in [-0.3, -0.25) is 10.1 Å². The number of hydrogen-bond donors (Lipinski definition) is 4. The first-order chi connectivity index (χ1) is 19.3. The van der Waals surface area contributed by atoms with E-state index in [0.717, 1.165) is 30.3 Å². The standard InChI is InChI=1S/C30H42N4O6/c1-22(2)26(19-35)31-16-10-11-17-32-27(28(36)34-30(38)40-21-25-14-8-5-9-15-25)23(3)18-33-29(37)39-20-24-12-6-4-7-13-24/h4-9,12-15,19,22-23,26-27,31-32H,10-11,16-18,20-21H2,1-3H3,(H,33,37)(H,34,36,38)/t23?,26-,27+/m1/s1. The number of alkyl carbamates (subject to hydrolysis) is 2. The predicted molar refractivity (Wildman–Crippen MR) is 152 cm³/mol. The number of hydrogen-bond acceptors (Lipinski definition) is 8. The first-order valence-electron chi connectivity index (χ1n) is 13.7. The molecule has 0 aliphatic heterocycles. The van der Waals surface area contributed by atoms with Gasteiger partial charge in [0.2, 0.25) is 5.91 Å². The molecule has 2 aromatic rings. The third-order valence-electron chi connectivity index (χ3n) is 6.28. The van der Waals surface area contributed by atoms with Crippen LogP contribution in [0.4, 0.5) is 9.59 Å². The maximum absolute atomic E-state index is 13.0. The first-order valence-corrected chi connectivity index (χ1v) is 13.7. The molecular weight excluding hydrogens is 512 g/mol. The van der Waals surface area contributed by atoms with Gasteiger partial charge in [0.25, 0.3) is 0 Å². The summed E-state index contributed by atoms with van der Waals surface area (Å²) >= 11 is 0. The largest absolute Gasteiger partial charge is 0.445 e. The van der Waals surface area contributed by atoms with E-state index in [1.54, 1.807) is 6.92 Å². The van der Waals surface area contributed by atoms with Gasteiger partial charge in [0.15, 0.2) is 0 Å². The molecule has 0 saturated heterocycles. The minimum absolute atomic E-state index is 0.0353. The molecule has 0 aliphatic rings. The minimum atomic E-state index is -0.846. The van der Waals surface area contributed by atoms with Crippen molar-refractivity contribution in [3.63, 3.8) is 0 Å². The third-order valence-corrected chi connectivity index (χ3v) is 6.28. The Morgan fingerprint density at radius 3 is 1.82 bits per heavy atom. The number of amides is 3. The van der Waals surface area contributed by atoms with E-state index in [0.29, 0.717) is 13.1 Å². The SMILES string of the molecule is CC(CNC(=O)OCc1ccccc1)[C@H](NCCCCN[C@H](C=O)C(C)C)C(=O)NC(=O)OCc1ccccc1. The minimum Gasteiger partial charge on any atom is -0.445 e. The number of benzene rings is 2. The molecule has 4 N–H and O–H groups in total. The van der Waals surface area contributed by atoms with Crippen LogP contribution in [0.2, 0.25) is 0 Å². The van der Waals surface area contributed by atoms with E-state index in [1.807, 2.05) is 74.5 Å². The summed E-state index contributed by atoms with van der Waals surface area (Å²) in [4.78, 5) is 48.7. The second-order valence-corrected chi connectivity index (χ2v) is 9.97. The number of rotatable bonds is 17. The van der Waals surface area contributed by atoms with E-state index in [1.165, 1.54) is 0 Å². The Morgan fingerprint density at radius 1 is 0.775 bits per heavy atom. The topological polar surface area (TPSA) is 135 Å². The average Bonchev–Trinajstić information content (AvgIpc) is 2.96. The van der Waals surface area contributed by atoms with E-state index in [2.05, 4.69) is 21.3 Å². The molecule has 0 aromatic heterocycles. The van der Waals surface area contributed by atoms with Crippen molar-refractivity contribution in [2.45, 2.75) is 58.9 Å². The molecule has 3 atom stereocenters. The zero-order valence-corrected chi connectivity index (χ0v) is 23.6. The Balaban J connectivity index is 1.86. The Labute approximate surface area is 236 Å². The van der Waals surface area contributed by atoms with Crippen molar-refractivity contribution in [3.05, 3.63) is 71.8 Å². The van der Waals surface area contributed by atoms with Crippen LogP contribution in [0.3, 0.4) is 0 Å². The highest BCUT2D eigenvalue weighted by molar-refractivity contribution is 5.95. The van der Waals surface area contributed by atoms with Crippen LogP contribution in [0.1, 0.15) is 44.7 Å². The van der Waals surface area contributed by atoms with E-state index < -0.39 is 24.1 Å². The van der Waals surface area contributed by atoms with Crippen molar-refractivity contribution in [2.75, 3.05) is 19.6 Å². The molecule has 218 valence electrons. The Kier molecular flexibility index (Phi) is 15.0. The van der Waals surface area contributed by atoms with Gasteiger partial charge < -0.3 is 30.2 Å². The molecule has 10 heteroatoms. The van der Waals surface area contributed by atoms with Gasteiger partial charge in [0.05, 0.1) is 12.1 Å². The normalized spacial score (nSPS) is 13.1. The van der Waals surface area contributed by atoms with Gasteiger partial charge in [0.1, 0.15) is 19.5 Å². The predicted octanol–water partition coefficient (Wildman–Crippen LogP) is 3.55. The van der Waals surface area contributed by atoms with E-state index >= 15 is 0 Å². The van der Waals surface area contributed by atoms with Gasteiger partial charge in [0, 0.05) is 6.54 Å². The molecule has 0 heterocycles. The fraction of sp³-hybridized carbons (Fsp3) is 0.467. The monoisotopic (exact) mass is 554 g/mol. The fourth-order valence-electron chi connectivity index (χ4n) is 3.84. The van der Waals surface area contributed by atoms with Crippen molar-refractivity contribution in [1.29, 1.82) is 0 Å². The zero-order chi connectivity index (χ0) is 29.2.